The molecule has 0 saturated carbocycles. The summed E-state index contributed by atoms with van der Waals surface area (Å²) in [5.41, 5.74) is -0.464. The number of nitrogens with zero attached hydrogens (tertiary/aromatic N) is 2. The molecule has 3 aromatic rings. The Kier molecular flexibility index (Phi) is 5.02. The monoisotopic (exact) mass is 401 g/mol. The van der Waals surface area contributed by atoms with Crippen molar-refractivity contribution in [2.24, 2.45) is 0 Å². The Morgan fingerprint density at radius 3 is 2.42 bits per heavy atom. The van der Waals surface area contributed by atoms with Crippen molar-refractivity contribution in [2.75, 3.05) is 5.32 Å². The maximum Gasteiger partial charge on any atom is 0.416 e. The SMILES string of the molecule is Fc1ccc(Cl)c(Nc2cc(Cl)nc(-c3cccc(C(F)(F)F)c3)n2)c1. The van der Waals surface area contributed by atoms with Crippen molar-refractivity contribution in [3.05, 3.63) is 70.1 Å². The first kappa shape index (κ1) is 18.4. The van der Waals surface area contributed by atoms with Gasteiger partial charge in [0, 0.05) is 11.6 Å². The molecule has 9 heteroatoms. The molecule has 0 fully saturated rings. The summed E-state index contributed by atoms with van der Waals surface area (Å²) in [5, 5.41) is 3.02. The molecule has 3 nitrogen and oxygen atoms in total. The molecular formula is C17H9Cl2F4N3. The van der Waals surface area contributed by atoms with Gasteiger partial charge in [-0.25, -0.2) is 14.4 Å². The Bertz CT molecular complexity index is 961. The van der Waals surface area contributed by atoms with Crippen LogP contribution in [-0.2, 0) is 6.18 Å². The van der Waals surface area contributed by atoms with Crippen LogP contribution >= 0.6 is 23.2 Å². The van der Waals surface area contributed by atoms with Crippen molar-refractivity contribution in [1.29, 1.82) is 0 Å². The molecule has 0 radical (unpaired) electrons. The lowest BCUT2D eigenvalue weighted by Gasteiger charge is -2.11. The van der Waals surface area contributed by atoms with Gasteiger partial charge in [0.25, 0.3) is 0 Å². The number of rotatable bonds is 3. The summed E-state index contributed by atoms with van der Waals surface area (Å²) in [5.74, 6) is -0.376. The average molecular weight is 402 g/mol. The summed E-state index contributed by atoms with van der Waals surface area (Å²) >= 11 is 11.9. The van der Waals surface area contributed by atoms with Crippen LogP contribution in [0.1, 0.15) is 5.56 Å². The van der Waals surface area contributed by atoms with E-state index < -0.39 is 17.6 Å². The number of anilines is 2. The molecule has 0 amide bonds. The minimum absolute atomic E-state index is 0.00226. The zero-order chi connectivity index (χ0) is 18.9. The first-order valence-corrected chi connectivity index (χ1v) is 7.92. The second-order valence-electron chi connectivity index (χ2n) is 5.23. The highest BCUT2D eigenvalue weighted by Crippen LogP contribution is 2.32. The summed E-state index contributed by atoms with van der Waals surface area (Å²) < 4.78 is 52.0. The van der Waals surface area contributed by atoms with Gasteiger partial charge in [-0.1, -0.05) is 35.3 Å². The fraction of sp³-hybridized carbons (Fsp3) is 0.0588. The molecule has 2 aromatic carbocycles. The molecule has 0 aliphatic carbocycles. The largest absolute Gasteiger partial charge is 0.416 e. The summed E-state index contributed by atoms with van der Waals surface area (Å²) in [4.78, 5) is 8.09. The Hall–Kier alpha value is -2.38. The second kappa shape index (κ2) is 7.09. The molecule has 0 spiro atoms. The molecule has 134 valence electrons. The van der Waals surface area contributed by atoms with Gasteiger partial charge in [-0.2, -0.15) is 13.2 Å². The van der Waals surface area contributed by atoms with E-state index in [0.717, 1.165) is 18.2 Å². The average Bonchev–Trinajstić information content (AvgIpc) is 2.57. The molecule has 1 N–H and O–H groups in total. The van der Waals surface area contributed by atoms with Crippen LogP contribution in [0.3, 0.4) is 0 Å². The fourth-order valence-corrected chi connectivity index (χ4v) is 2.52. The predicted molar refractivity (Wildman–Crippen MR) is 92.2 cm³/mol. The Morgan fingerprint density at radius 2 is 1.69 bits per heavy atom. The molecule has 1 aromatic heterocycles. The van der Waals surface area contributed by atoms with Gasteiger partial charge in [-0.15, -0.1) is 0 Å². The lowest BCUT2D eigenvalue weighted by atomic mass is 10.1. The van der Waals surface area contributed by atoms with Gasteiger partial charge in [0.2, 0.25) is 0 Å². The lowest BCUT2D eigenvalue weighted by Crippen LogP contribution is -2.05. The van der Waals surface area contributed by atoms with Crippen LogP contribution in [0.2, 0.25) is 10.2 Å². The molecule has 26 heavy (non-hydrogen) atoms. The first-order valence-electron chi connectivity index (χ1n) is 7.17. The number of hydrogen-bond acceptors (Lipinski definition) is 3. The highest BCUT2D eigenvalue weighted by Gasteiger charge is 2.30. The van der Waals surface area contributed by atoms with Gasteiger partial charge in [0.05, 0.1) is 16.3 Å². The van der Waals surface area contributed by atoms with Crippen molar-refractivity contribution in [2.45, 2.75) is 6.18 Å². The van der Waals surface area contributed by atoms with Crippen molar-refractivity contribution >= 4 is 34.7 Å². The van der Waals surface area contributed by atoms with Gasteiger partial charge >= 0.3 is 6.18 Å². The van der Waals surface area contributed by atoms with E-state index in [9.17, 15) is 17.6 Å². The maximum absolute atomic E-state index is 13.4. The van der Waals surface area contributed by atoms with Crippen molar-refractivity contribution in [3.63, 3.8) is 0 Å². The normalized spacial score (nSPS) is 11.5. The maximum atomic E-state index is 13.4. The number of benzene rings is 2. The van der Waals surface area contributed by atoms with Crippen molar-refractivity contribution in [3.8, 4) is 11.4 Å². The number of nitrogens with one attached hydrogen (secondary N) is 1. The fourth-order valence-electron chi connectivity index (χ4n) is 2.18. The Labute approximate surface area is 155 Å². The number of alkyl halides is 3. The zero-order valence-electron chi connectivity index (χ0n) is 12.8. The summed E-state index contributed by atoms with van der Waals surface area (Å²) in [6.07, 6.45) is -4.50. The van der Waals surface area contributed by atoms with Gasteiger partial charge in [0.15, 0.2) is 5.82 Å². The topological polar surface area (TPSA) is 37.8 Å². The minimum Gasteiger partial charge on any atom is -0.339 e. The predicted octanol–water partition coefficient (Wildman–Crippen LogP) is 6.35. The van der Waals surface area contributed by atoms with Crippen LogP contribution in [0.25, 0.3) is 11.4 Å². The van der Waals surface area contributed by atoms with Crippen molar-refractivity contribution in [1.82, 2.24) is 9.97 Å². The third-order valence-electron chi connectivity index (χ3n) is 3.33. The van der Waals surface area contributed by atoms with Crippen LogP contribution in [0, 0.1) is 5.82 Å². The van der Waals surface area contributed by atoms with Crippen LogP contribution in [0.15, 0.2) is 48.5 Å². The molecule has 0 aliphatic heterocycles. The van der Waals surface area contributed by atoms with Gasteiger partial charge in [-0.05, 0) is 30.3 Å². The molecule has 1 heterocycles. The zero-order valence-corrected chi connectivity index (χ0v) is 14.3. The van der Waals surface area contributed by atoms with Crippen LogP contribution < -0.4 is 5.32 Å². The summed E-state index contributed by atoms with van der Waals surface area (Å²) in [6.45, 7) is 0. The van der Waals surface area contributed by atoms with Crippen LogP contribution in [0.5, 0.6) is 0 Å². The first-order chi connectivity index (χ1) is 12.2. The smallest absolute Gasteiger partial charge is 0.339 e. The highest BCUT2D eigenvalue weighted by molar-refractivity contribution is 6.33. The van der Waals surface area contributed by atoms with Crippen molar-refractivity contribution < 1.29 is 17.6 Å². The van der Waals surface area contributed by atoms with Crippen LogP contribution in [0.4, 0.5) is 29.1 Å². The number of halogens is 6. The van der Waals surface area contributed by atoms with E-state index in [-0.39, 0.29) is 33.1 Å². The van der Waals surface area contributed by atoms with E-state index in [4.69, 9.17) is 23.2 Å². The van der Waals surface area contributed by atoms with Gasteiger partial charge in [-0.3, -0.25) is 0 Å². The third-order valence-corrected chi connectivity index (χ3v) is 3.86. The molecular weight excluding hydrogens is 393 g/mol. The summed E-state index contributed by atoms with van der Waals surface area (Å²) in [6, 6.07) is 9.59. The van der Waals surface area contributed by atoms with Crippen LogP contribution in [-0.4, -0.2) is 9.97 Å². The van der Waals surface area contributed by atoms with E-state index in [2.05, 4.69) is 15.3 Å². The number of aromatic nitrogens is 2. The molecule has 0 unspecified atom stereocenters. The third kappa shape index (κ3) is 4.23. The lowest BCUT2D eigenvalue weighted by molar-refractivity contribution is -0.137. The highest BCUT2D eigenvalue weighted by atomic mass is 35.5. The van der Waals surface area contributed by atoms with Gasteiger partial charge < -0.3 is 5.32 Å². The Balaban J connectivity index is 1.99. The quantitative estimate of drug-likeness (QED) is 0.410. The Morgan fingerprint density at radius 1 is 0.923 bits per heavy atom. The number of hydrogen-bond donors (Lipinski definition) is 1. The summed E-state index contributed by atoms with van der Waals surface area (Å²) in [7, 11) is 0. The van der Waals surface area contributed by atoms with E-state index in [0.29, 0.717) is 0 Å². The van der Waals surface area contributed by atoms with Gasteiger partial charge in [0.1, 0.15) is 16.8 Å². The van der Waals surface area contributed by atoms with E-state index in [1.165, 1.54) is 30.3 Å². The molecule has 0 atom stereocenters. The molecule has 3 rings (SSSR count). The van der Waals surface area contributed by atoms with E-state index in [1.54, 1.807) is 0 Å². The van der Waals surface area contributed by atoms with E-state index >= 15 is 0 Å². The molecule has 0 saturated heterocycles. The standard InChI is InChI=1S/C17H9Cl2F4N3/c18-12-5-4-11(20)7-13(12)24-15-8-14(19)25-16(26-15)9-2-1-3-10(6-9)17(21,22)23/h1-8H,(H,24,25,26). The van der Waals surface area contributed by atoms with E-state index in [1.807, 2.05) is 0 Å². The molecule has 0 aliphatic rings. The second-order valence-corrected chi connectivity index (χ2v) is 6.02. The minimum atomic E-state index is -4.50. The molecule has 0 bridgehead atoms.